The second-order valence-electron chi connectivity index (χ2n) is 5.78. The zero-order valence-electron chi connectivity index (χ0n) is 14.6. The molecule has 1 amide bonds. The van der Waals surface area contributed by atoms with Crippen molar-refractivity contribution in [2.45, 2.75) is 0 Å². The number of carbonyl (C=O) groups excluding carboxylic acids is 1. The highest BCUT2D eigenvalue weighted by atomic mass is 35.5. The van der Waals surface area contributed by atoms with Crippen LogP contribution in [0.2, 0.25) is 5.02 Å². The Hall–Kier alpha value is -3.38. The van der Waals surface area contributed by atoms with E-state index in [0.717, 1.165) is 5.56 Å². The van der Waals surface area contributed by atoms with Gasteiger partial charge >= 0.3 is 0 Å². The summed E-state index contributed by atoms with van der Waals surface area (Å²) in [7, 11) is 0. The number of para-hydroxylation sites is 1. The third-order valence-corrected chi connectivity index (χ3v) is 3.95. The van der Waals surface area contributed by atoms with Crippen LogP contribution in [-0.4, -0.2) is 23.8 Å². The first-order chi connectivity index (χ1) is 13.5. The van der Waals surface area contributed by atoms with Crippen LogP contribution in [0, 0.1) is 5.82 Å². The molecule has 2 N–H and O–H groups in total. The number of rotatable bonds is 6. The van der Waals surface area contributed by atoms with Gasteiger partial charge in [-0.1, -0.05) is 29.8 Å². The van der Waals surface area contributed by atoms with Gasteiger partial charge in [-0.05, 0) is 48.0 Å². The molecule has 7 heteroatoms. The maximum Gasteiger partial charge on any atom is 0.262 e. The van der Waals surface area contributed by atoms with Crippen LogP contribution in [0.3, 0.4) is 0 Å². The molecule has 0 saturated heterocycles. The Morgan fingerprint density at radius 1 is 1.14 bits per heavy atom. The Labute approximate surface area is 166 Å². The molecule has 0 saturated carbocycles. The third kappa shape index (κ3) is 5.31. The normalized spacial score (nSPS) is 10.8. The maximum atomic E-state index is 13.5. The molecule has 3 aromatic carbocycles. The fourth-order valence-electron chi connectivity index (χ4n) is 2.33. The number of halogens is 2. The number of nitrogens with zero attached hydrogens (tertiary/aromatic N) is 1. The summed E-state index contributed by atoms with van der Waals surface area (Å²) >= 11 is 6.19. The molecule has 0 aliphatic rings. The van der Waals surface area contributed by atoms with Crippen molar-refractivity contribution in [3.63, 3.8) is 0 Å². The number of hydrogen-bond donors (Lipinski definition) is 2. The molecule has 3 aromatic rings. The number of anilines is 1. The highest BCUT2D eigenvalue weighted by molar-refractivity contribution is 6.32. The lowest BCUT2D eigenvalue weighted by Crippen LogP contribution is -2.20. The highest BCUT2D eigenvalue weighted by Gasteiger charge is 2.09. The van der Waals surface area contributed by atoms with Crippen molar-refractivity contribution in [3.05, 3.63) is 83.1 Å². The van der Waals surface area contributed by atoms with E-state index in [2.05, 4.69) is 10.3 Å². The Balaban J connectivity index is 1.59. The molecule has 0 unspecified atom stereocenters. The van der Waals surface area contributed by atoms with E-state index >= 15 is 0 Å². The number of phenols is 1. The number of aliphatic imine (C=N–C) groups is 1. The zero-order valence-corrected chi connectivity index (χ0v) is 15.4. The second kappa shape index (κ2) is 9.01. The van der Waals surface area contributed by atoms with Crippen molar-refractivity contribution >= 4 is 35.1 Å². The molecule has 0 spiro atoms. The van der Waals surface area contributed by atoms with Crippen molar-refractivity contribution in [1.82, 2.24) is 0 Å². The average Bonchev–Trinajstić information content (AvgIpc) is 2.67. The molecule has 0 aliphatic heterocycles. The minimum absolute atomic E-state index is 0.0840. The summed E-state index contributed by atoms with van der Waals surface area (Å²) in [5.41, 5.74) is 1.40. The SMILES string of the molecule is O=C(COc1ccc(C=Nc2cccc(O)c2)cc1Cl)Nc1ccccc1F. The molecule has 0 bridgehead atoms. The van der Waals surface area contributed by atoms with Crippen molar-refractivity contribution in [3.8, 4) is 11.5 Å². The number of nitrogens with one attached hydrogen (secondary N) is 1. The Kier molecular flexibility index (Phi) is 6.24. The first kappa shape index (κ1) is 19.4. The number of aromatic hydroxyl groups is 1. The number of hydrogen-bond acceptors (Lipinski definition) is 4. The summed E-state index contributed by atoms with van der Waals surface area (Å²) in [4.78, 5) is 16.2. The van der Waals surface area contributed by atoms with Crippen LogP contribution < -0.4 is 10.1 Å². The molecule has 0 fully saturated rings. The molecule has 5 nitrogen and oxygen atoms in total. The van der Waals surface area contributed by atoms with Gasteiger partial charge in [0, 0.05) is 12.3 Å². The lowest BCUT2D eigenvalue weighted by atomic mass is 10.2. The molecule has 3 rings (SSSR count). The topological polar surface area (TPSA) is 70.9 Å². The molecular weight excluding hydrogens is 383 g/mol. The van der Waals surface area contributed by atoms with E-state index in [4.69, 9.17) is 16.3 Å². The lowest BCUT2D eigenvalue weighted by Gasteiger charge is -2.09. The van der Waals surface area contributed by atoms with Gasteiger partial charge in [0.2, 0.25) is 0 Å². The first-order valence-corrected chi connectivity index (χ1v) is 8.69. The van der Waals surface area contributed by atoms with Crippen LogP contribution >= 0.6 is 11.6 Å². The fourth-order valence-corrected chi connectivity index (χ4v) is 2.57. The van der Waals surface area contributed by atoms with E-state index in [0.29, 0.717) is 16.5 Å². The zero-order chi connectivity index (χ0) is 19.9. The lowest BCUT2D eigenvalue weighted by molar-refractivity contribution is -0.118. The summed E-state index contributed by atoms with van der Waals surface area (Å²) < 4.78 is 18.9. The minimum Gasteiger partial charge on any atom is -0.508 e. The molecule has 0 heterocycles. The molecule has 28 heavy (non-hydrogen) atoms. The summed E-state index contributed by atoms with van der Waals surface area (Å²) in [6, 6.07) is 17.4. The number of benzene rings is 3. The van der Waals surface area contributed by atoms with Gasteiger partial charge in [-0.25, -0.2) is 4.39 Å². The van der Waals surface area contributed by atoms with Crippen LogP contribution in [0.1, 0.15) is 5.56 Å². The van der Waals surface area contributed by atoms with Crippen LogP contribution in [0.15, 0.2) is 71.7 Å². The minimum atomic E-state index is -0.524. The van der Waals surface area contributed by atoms with Gasteiger partial charge in [-0.2, -0.15) is 0 Å². The van der Waals surface area contributed by atoms with Crippen molar-refractivity contribution in [2.24, 2.45) is 4.99 Å². The quantitative estimate of drug-likeness (QED) is 0.577. The van der Waals surface area contributed by atoms with Crippen molar-refractivity contribution < 1.29 is 19.0 Å². The van der Waals surface area contributed by atoms with Crippen LogP contribution in [0.5, 0.6) is 11.5 Å². The van der Waals surface area contributed by atoms with Gasteiger partial charge < -0.3 is 15.2 Å². The van der Waals surface area contributed by atoms with Crippen LogP contribution in [0.25, 0.3) is 0 Å². The Morgan fingerprint density at radius 2 is 1.96 bits per heavy atom. The van der Waals surface area contributed by atoms with Crippen LogP contribution in [0.4, 0.5) is 15.8 Å². The van der Waals surface area contributed by atoms with Gasteiger partial charge in [0.1, 0.15) is 17.3 Å². The molecule has 142 valence electrons. The monoisotopic (exact) mass is 398 g/mol. The van der Waals surface area contributed by atoms with Gasteiger partial charge in [0.25, 0.3) is 5.91 Å². The largest absolute Gasteiger partial charge is 0.508 e. The van der Waals surface area contributed by atoms with E-state index in [9.17, 15) is 14.3 Å². The number of ether oxygens (including phenoxy) is 1. The fraction of sp³-hybridized carbons (Fsp3) is 0.0476. The standard InChI is InChI=1S/C21H16ClFN2O3/c22-17-10-14(12-24-15-4-3-5-16(26)11-15)8-9-20(17)28-13-21(27)25-19-7-2-1-6-18(19)23/h1-12,26H,13H2,(H,25,27). The molecule has 0 radical (unpaired) electrons. The van der Waals surface area contributed by atoms with Gasteiger partial charge in [-0.15, -0.1) is 0 Å². The molecule has 0 aromatic heterocycles. The Bertz CT molecular complexity index is 1020. The first-order valence-electron chi connectivity index (χ1n) is 8.31. The molecule has 0 atom stereocenters. The Morgan fingerprint density at radius 3 is 2.71 bits per heavy atom. The maximum absolute atomic E-state index is 13.5. The van der Waals surface area contributed by atoms with E-state index in [1.54, 1.807) is 48.7 Å². The summed E-state index contributed by atoms with van der Waals surface area (Å²) in [6.07, 6.45) is 1.59. The number of amides is 1. The van der Waals surface area contributed by atoms with Crippen molar-refractivity contribution in [1.29, 1.82) is 0 Å². The van der Waals surface area contributed by atoms with Crippen LogP contribution in [-0.2, 0) is 4.79 Å². The summed E-state index contributed by atoms with van der Waals surface area (Å²) in [5, 5.41) is 12.2. The van der Waals surface area contributed by atoms with E-state index in [-0.39, 0.29) is 18.0 Å². The molecular formula is C21H16ClFN2O3. The number of carbonyl (C=O) groups is 1. The van der Waals surface area contributed by atoms with E-state index < -0.39 is 11.7 Å². The third-order valence-electron chi connectivity index (χ3n) is 3.66. The van der Waals surface area contributed by atoms with E-state index in [1.807, 2.05) is 0 Å². The van der Waals surface area contributed by atoms with E-state index in [1.165, 1.54) is 24.3 Å². The van der Waals surface area contributed by atoms with Gasteiger partial charge in [0.05, 0.1) is 16.4 Å². The average molecular weight is 399 g/mol. The predicted octanol–water partition coefficient (Wildman–Crippen LogP) is 4.95. The second-order valence-corrected chi connectivity index (χ2v) is 6.19. The van der Waals surface area contributed by atoms with Gasteiger partial charge in [0.15, 0.2) is 6.61 Å². The van der Waals surface area contributed by atoms with Crippen molar-refractivity contribution in [2.75, 3.05) is 11.9 Å². The number of phenolic OH excluding ortho intramolecular Hbond substituents is 1. The summed E-state index contributed by atoms with van der Waals surface area (Å²) in [6.45, 7) is -0.315. The smallest absolute Gasteiger partial charge is 0.262 e. The van der Waals surface area contributed by atoms with Gasteiger partial charge in [-0.3, -0.25) is 9.79 Å². The highest BCUT2D eigenvalue weighted by Crippen LogP contribution is 2.25. The predicted molar refractivity (Wildman–Crippen MR) is 107 cm³/mol. The summed E-state index contributed by atoms with van der Waals surface area (Å²) in [5.74, 6) is -0.579. The molecule has 0 aliphatic carbocycles.